The van der Waals surface area contributed by atoms with Gasteiger partial charge in [0.05, 0.1) is 0 Å². The van der Waals surface area contributed by atoms with Gasteiger partial charge in [-0.3, -0.25) is 0 Å². The molecular formula is C29H49F3O4Si4. The predicted molar refractivity (Wildman–Crippen MR) is 168 cm³/mol. The Kier molecular flexibility index (Phi) is 12.5. The lowest BCUT2D eigenvalue weighted by atomic mass is 10.1. The van der Waals surface area contributed by atoms with Crippen LogP contribution in [0.25, 0.3) is 0 Å². The normalized spacial score (nSPS) is 14.8. The summed E-state index contributed by atoms with van der Waals surface area (Å²) in [5, 5.41) is 10.1. The number of phenols is 1. The van der Waals surface area contributed by atoms with E-state index in [1.165, 1.54) is 11.1 Å². The molecule has 1 atom stereocenters. The van der Waals surface area contributed by atoms with Crippen molar-refractivity contribution in [3.63, 3.8) is 0 Å². The Hall–Kier alpha value is -1.22. The van der Waals surface area contributed by atoms with Crippen molar-refractivity contribution in [1.82, 2.24) is 0 Å². The zero-order valence-electron chi connectivity index (χ0n) is 25.6. The maximum absolute atomic E-state index is 13.3. The monoisotopic (exact) mass is 630 g/mol. The van der Waals surface area contributed by atoms with Gasteiger partial charge in [-0.15, -0.1) is 0 Å². The number of rotatable bonds is 16. The van der Waals surface area contributed by atoms with Gasteiger partial charge >= 0.3 is 23.3 Å². The Morgan fingerprint density at radius 2 is 1.18 bits per heavy atom. The minimum absolute atomic E-state index is 0.137. The van der Waals surface area contributed by atoms with Gasteiger partial charge in [-0.1, -0.05) is 42.5 Å². The summed E-state index contributed by atoms with van der Waals surface area (Å²) < 4.78 is 60.0. The average Bonchev–Trinajstić information content (AvgIpc) is 2.78. The van der Waals surface area contributed by atoms with E-state index in [4.69, 9.17) is 12.3 Å². The first-order chi connectivity index (χ1) is 18.3. The van der Waals surface area contributed by atoms with E-state index in [2.05, 4.69) is 51.3 Å². The summed E-state index contributed by atoms with van der Waals surface area (Å²) in [6.45, 7) is 16.3. The molecule has 0 spiro atoms. The van der Waals surface area contributed by atoms with Crippen LogP contribution in [0, 0.1) is 6.92 Å². The second-order valence-electron chi connectivity index (χ2n) is 12.7. The molecule has 40 heavy (non-hydrogen) atoms. The van der Waals surface area contributed by atoms with Crippen molar-refractivity contribution in [2.45, 2.75) is 109 Å². The SMILES string of the molecule is Cc1ccccc1CCC[Si](C)(C)O[Si](C)(C)O[Si](C)(CCC(F)(F)F)O[Si](C)(C)CCCc1ccccc1O. The summed E-state index contributed by atoms with van der Waals surface area (Å²) in [4.78, 5) is 0. The molecule has 0 heterocycles. The van der Waals surface area contributed by atoms with E-state index in [0.29, 0.717) is 6.42 Å². The Morgan fingerprint density at radius 3 is 1.73 bits per heavy atom. The second-order valence-corrected chi connectivity index (χ2v) is 28.8. The van der Waals surface area contributed by atoms with E-state index in [-0.39, 0.29) is 11.8 Å². The van der Waals surface area contributed by atoms with Gasteiger partial charge in [0, 0.05) is 6.42 Å². The highest BCUT2D eigenvalue weighted by molar-refractivity contribution is 6.89. The standard InChI is InChI=1S/C29H49F3O4Si4/c1-25-15-9-10-16-26(25)18-13-22-37(2,3)34-39(6,7)36-40(8,24-21-29(30,31)32)35-38(4,5)23-14-19-27-17-11-12-20-28(27)33/h9-12,15-17,20,33H,13-14,18-19,21-24H2,1-8H3. The molecule has 0 amide bonds. The number of benzene rings is 2. The van der Waals surface area contributed by atoms with Crippen molar-refractivity contribution in [2.75, 3.05) is 0 Å². The van der Waals surface area contributed by atoms with Crippen molar-refractivity contribution in [3.8, 4) is 5.75 Å². The van der Waals surface area contributed by atoms with Gasteiger partial charge in [0.1, 0.15) is 5.75 Å². The molecular weight excluding hydrogens is 582 g/mol. The maximum atomic E-state index is 13.3. The first-order valence-corrected chi connectivity index (χ1v) is 25.9. The van der Waals surface area contributed by atoms with Crippen molar-refractivity contribution in [3.05, 3.63) is 65.2 Å². The molecule has 2 aromatic carbocycles. The van der Waals surface area contributed by atoms with Crippen molar-refractivity contribution >= 4 is 33.8 Å². The lowest BCUT2D eigenvalue weighted by Crippen LogP contribution is -2.58. The van der Waals surface area contributed by atoms with Crippen LogP contribution in [-0.2, 0) is 25.2 Å². The van der Waals surface area contributed by atoms with E-state index in [0.717, 1.165) is 36.9 Å². The molecule has 2 rings (SSSR count). The van der Waals surface area contributed by atoms with Gasteiger partial charge < -0.3 is 17.5 Å². The third-order valence-electron chi connectivity index (χ3n) is 7.04. The summed E-state index contributed by atoms with van der Waals surface area (Å²) >= 11 is 0. The van der Waals surface area contributed by atoms with Crippen LogP contribution in [0.5, 0.6) is 5.75 Å². The van der Waals surface area contributed by atoms with E-state index in [1.807, 2.05) is 31.3 Å². The molecule has 0 aliphatic carbocycles. The summed E-state index contributed by atoms with van der Waals surface area (Å²) in [5.41, 5.74) is 3.50. The van der Waals surface area contributed by atoms with Crippen LogP contribution in [0.1, 0.15) is 36.0 Å². The molecule has 4 nitrogen and oxygen atoms in total. The number of hydrogen-bond acceptors (Lipinski definition) is 4. The molecule has 0 radical (unpaired) electrons. The van der Waals surface area contributed by atoms with Crippen LogP contribution in [0.4, 0.5) is 13.2 Å². The van der Waals surface area contributed by atoms with Crippen molar-refractivity contribution in [2.24, 2.45) is 0 Å². The fraction of sp³-hybridized carbons (Fsp3) is 0.586. The Labute approximate surface area is 244 Å². The molecule has 226 valence electrons. The van der Waals surface area contributed by atoms with Gasteiger partial charge in [-0.05, 0) is 119 Å². The highest BCUT2D eigenvalue weighted by atomic mass is 28.5. The summed E-state index contributed by atoms with van der Waals surface area (Å²) in [6, 6.07) is 17.2. The fourth-order valence-electron chi connectivity index (χ4n) is 5.41. The third-order valence-corrected chi connectivity index (χ3v) is 23.1. The van der Waals surface area contributed by atoms with E-state index in [9.17, 15) is 18.3 Å². The quantitative estimate of drug-likeness (QED) is 0.188. The topological polar surface area (TPSA) is 47.9 Å². The molecule has 1 unspecified atom stereocenters. The van der Waals surface area contributed by atoms with E-state index < -0.39 is 46.4 Å². The van der Waals surface area contributed by atoms with Crippen molar-refractivity contribution < 1.29 is 30.6 Å². The molecule has 11 heteroatoms. The molecule has 1 N–H and O–H groups in total. The number of aromatic hydroxyl groups is 1. The Balaban J connectivity index is 2.05. The largest absolute Gasteiger partial charge is 0.508 e. The van der Waals surface area contributed by atoms with Crippen LogP contribution in [0.15, 0.2) is 48.5 Å². The molecule has 0 saturated carbocycles. The molecule has 0 bridgehead atoms. The van der Waals surface area contributed by atoms with Crippen LogP contribution >= 0.6 is 0 Å². The summed E-state index contributed by atoms with van der Waals surface area (Å²) in [5.74, 6) is 0.270. The first-order valence-electron chi connectivity index (χ1n) is 14.3. The number of halogens is 3. The number of aryl methyl sites for hydroxylation is 3. The second kappa shape index (κ2) is 14.3. The van der Waals surface area contributed by atoms with E-state index in [1.54, 1.807) is 18.7 Å². The van der Waals surface area contributed by atoms with Gasteiger partial charge in [-0.25, -0.2) is 0 Å². The van der Waals surface area contributed by atoms with Gasteiger partial charge in [0.25, 0.3) is 0 Å². The van der Waals surface area contributed by atoms with Gasteiger partial charge in [-0.2, -0.15) is 13.2 Å². The van der Waals surface area contributed by atoms with Crippen molar-refractivity contribution in [1.29, 1.82) is 0 Å². The van der Waals surface area contributed by atoms with E-state index >= 15 is 0 Å². The summed E-state index contributed by atoms with van der Waals surface area (Å²) in [7, 11) is -10.5. The predicted octanol–water partition coefficient (Wildman–Crippen LogP) is 9.45. The first kappa shape index (κ1) is 35.0. The Morgan fingerprint density at radius 1 is 0.675 bits per heavy atom. The molecule has 0 aromatic heterocycles. The number of alkyl halides is 3. The average molecular weight is 631 g/mol. The van der Waals surface area contributed by atoms with Gasteiger partial charge in [0.15, 0.2) is 16.6 Å². The minimum Gasteiger partial charge on any atom is -0.508 e. The lowest BCUT2D eigenvalue weighted by molar-refractivity contribution is -0.131. The maximum Gasteiger partial charge on any atom is 0.389 e. The van der Waals surface area contributed by atoms with Crippen LogP contribution < -0.4 is 0 Å². The van der Waals surface area contributed by atoms with Gasteiger partial charge in [0.2, 0.25) is 0 Å². The summed E-state index contributed by atoms with van der Waals surface area (Å²) in [6.07, 6.45) is -1.71. The zero-order valence-corrected chi connectivity index (χ0v) is 29.6. The van der Waals surface area contributed by atoms with Crippen LogP contribution in [-0.4, -0.2) is 45.0 Å². The zero-order chi connectivity index (χ0) is 30.2. The highest BCUT2D eigenvalue weighted by Crippen LogP contribution is 2.34. The smallest absolute Gasteiger partial charge is 0.389 e. The third kappa shape index (κ3) is 13.2. The lowest BCUT2D eigenvalue weighted by Gasteiger charge is -2.43. The molecule has 2 aromatic rings. The molecule has 0 fully saturated rings. The number of phenolic OH excluding ortho intramolecular Hbond substituents is 1. The highest BCUT2D eigenvalue weighted by Gasteiger charge is 2.47. The van der Waals surface area contributed by atoms with Crippen LogP contribution in [0.3, 0.4) is 0 Å². The molecule has 0 aliphatic rings. The Bertz CT molecular complexity index is 1080. The number of hydrogen-bond donors (Lipinski definition) is 1. The molecule has 0 aliphatic heterocycles. The number of para-hydroxylation sites is 1. The molecule has 0 saturated heterocycles. The fourth-order valence-corrected chi connectivity index (χ4v) is 25.1. The van der Waals surface area contributed by atoms with Crippen LogP contribution in [0.2, 0.25) is 64.0 Å². The minimum atomic E-state index is -4.27.